The van der Waals surface area contributed by atoms with Gasteiger partial charge in [0, 0.05) is 38.8 Å². The molecule has 0 spiro atoms. The molecule has 2 heteroatoms. The molecule has 0 amide bonds. The zero-order valence-electron chi connectivity index (χ0n) is 27.4. The Kier molecular flexibility index (Phi) is 6.25. The van der Waals surface area contributed by atoms with Crippen molar-refractivity contribution in [3.05, 3.63) is 181 Å². The molecular weight excluding hydrogens is 593 g/mol. The first-order valence-corrected chi connectivity index (χ1v) is 17.3. The minimum absolute atomic E-state index is 1.02. The van der Waals surface area contributed by atoms with Crippen LogP contribution in [0.3, 0.4) is 0 Å². The number of aromatic nitrogens is 2. The fourth-order valence-electron chi connectivity index (χ4n) is 8.44. The van der Waals surface area contributed by atoms with E-state index in [0.29, 0.717) is 0 Å². The maximum absolute atomic E-state index is 2.52. The number of hydrogen-bond acceptors (Lipinski definition) is 0. The first-order chi connectivity index (χ1) is 24.3. The second-order valence-electron chi connectivity index (χ2n) is 13.3. The van der Waals surface area contributed by atoms with E-state index in [1.165, 1.54) is 94.3 Å². The molecule has 2 nitrogen and oxygen atoms in total. The second kappa shape index (κ2) is 11.0. The number of rotatable bonds is 4. The summed E-state index contributed by atoms with van der Waals surface area (Å²) in [5, 5.41) is 3.96. The predicted molar refractivity (Wildman–Crippen MR) is 206 cm³/mol. The van der Waals surface area contributed by atoms with E-state index < -0.39 is 0 Å². The number of para-hydroxylation sites is 2. The van der Waals surface area contributed by atoms with Gasteiger partial charge in [-0.05, 0) is 101 Å². The number of aryl methyl sites for hydroxylation is 2. The quantitative estimate of drug-likeness (QED) is 0.184. The second-order valence-corrected chi connectivity index (χ2v) is 13.3. The summed E-state index contributed by atoms with van der Waals surface area (Å²) in [7, 11) is 0. The normalized spacial score (nSPS) is 12.4. The van der Waals surface area contributed by atoms with Crippen LogP contribution < -0.4 is 0 Å². The van der Waals surface area contributed by atoms with Crippen molar-refractivity contribution in [3.8, 4) is 44.8 Å². The largest absolute Gasteiger partial charge is 0.313 e. The van der Waals surface area contributed by atoms with Gasteiger partial charge in [0.15, 0.2) is 0 Å². The summed E-state index contributed by atoms with van der Waals surface area (Å²) in [6.45, 7) is 2.19. The van der Waals surface area contributed by atoms with Gasteiger partial charge in [0.1, 0.15) is 0 Å². The van der Waals surface area contributed by atoms with Crippen molar-refractivity contribution in [1.29, 1.82) is 0 Å². The maximum atomic E-state index is 2.52. The third-order valence-electron chi connectivity index (χ3n) is 10.6. The Bertz CT molecular complexity index is 2710. The van der Waals surface area contributed by atoms with Crippen molar-refractivity contribution >= 4 is 32.7 Å². The maximum Gasteiger partial charge on any atom is 0.0548 e. The Balaban J connectivity index is 1.22. The number of fused-ring (bicyclic) bond motifs is 9. The molecule has 0 bridgehead atoms. The van der Waals surface area contributed by atoms with Gasteiger partial charge in [-0.1, -0.05) is 121 Å². The Hall–Kier alpha value is -6.12. The molecule has 232 valence electrons. The van der Waals surface area contributed by atoms with E-state index in [4.69, 9.17) is 0 Å². The van der Waals surface area contributed by atoms with Crippen LogP contribution in [-0.2, 0) is 12.8 Å². The molecule has 0 atom stereocenters. The molecule has 0 radical (unpaired) electrons. The van der Waals surface area contributed by atoms with Crippen LogP contribution in [-0.4, -0.2) is 9.13 Å². The van der Waals surface area contributed by atoms with Crippen LogP contribution in [0.25, 0.3) is 77.5 Å². The summed E-state index contributed by atoms with van der Waals surface area (Å²) >= 11 is 0. The minimum atomic E-state index is 1.02. The molecule has 9 aromatic rings. The fraction of sp³-hybridized carbons (Fsp3) is 0.0638. The van der Waals surface area contributed by atoms with E-state index in [9.17, 15) is 0 Å². The molecule has 0 unspecified atom stereocenters. The van der Waals surface area contributed by atoms with Gasteiger partial charge in [0.05, 0.1) is 16.6 Å². The smallest absolute Gasteiger partial charge is 0.0548 e. The van der Waals surface area contributed by atoms with E-state index in [1.54, 1.807) is 0 Å². The van der Waals surface area contributed by atoms with Crippen molar-refractivity contribution in [1.82, 2.24) is 9.13 Å². The van der Waals surface area contributed by atoms with Crippen LogP contribution >= 0.6 is 0 Å². The van der Waals surface area contributed by atoms with Gasteiger partial charge in [-0.25, -0.2) is 0 Å². The summed E-state index contributed by atoms with van der Waals surface area (Å²) < 4.78 is 4.98. The number of benzene rings is 7. The summed E-state index contributed by atoms with van der Waals surface area (Å²) in [6, 6.07) is 60.1. The van der Waals surface area contributed by atoms with Gasteiger partial charge < -0.3 is 9.13 Å². The molecule has 1 aliphatic rings. The molecule has 10 rings (SSSR count). The average Bonchev–Trinajstić information content (AvgIpc) is 3.69. The monoisotopic (exact) mass is 626 g/mol. The van der Waals surface area contributed by atoms with Gasteiger partial charge in [-0.2, -0.15) is 0 Å². The molecular formula is C47H34N2. The van der Waals surface area contributed by atoms with Crippen LogP contribution in [0, 0.1) is 6.92 Å². The fourth-order valence-corrected chi connectivity index (χ4v) is 8.44. The van der Waals surface area contributed by atoms with Crippen molar-refractivity contribution in [2.45, 2.75) is 19.8 Å². The van der Waals surface area contributed by atoms with Crippen molar-refractivity contribution in [3.63, 3.8) is 0 Å². The van der Waals surface area contributed by atoms with Crippen LogP contribution in [0.4, 0.5) is 0 Å². The van der Waals surface area contributed by atoms with Gasteiger partial charge in [-0.15, -0.1) is 0 Å². The zero-order valence-corrected chi connectivity index (χ0v) is 27.4. The lowest BCUT2D eigenvalue weighted by Gasteiger charge is -2.19. The molecule has 0 N–H and O–H groups in total. The predicted octanol–water partition coefficient (Wildman–Crippen LogP) is 12.1. The summed E-state index contributed by atoms with van der Waals surface area (Å²) in [6.07, 6.45) is 2.07. The van der Waals surface area contributed by atoms with E-state index in [0.717, 1.165) is 12.8 Å². The number of nitrogens with zero attached hydrogens (tertiary/aromatic N) is 2. The lowest BCUT2D eigenvalue weighted by Crippen LogP contribution is -2.07. The van der Waals surface area contributed by atoms with Gasteiger partial charge in [0.2, 0.25) is 0 Å². The zero-order chi connectivity index (χ0) is 32.5. The first-order valence-electron chi connectivity index (χ1n) is 17.3. The lowest BCUT2D eigenvalue weighted by molar-refractivity contribution is 0.865. The highest BCUT2D eigenvalue weighted by atomic mass is 15.0. The highest BCUT2D eigenvalue weighted by molar-refractivity contribution is 6.25. The number of hydrogen-bond donors (Lipinski definition) is 0. The molecule has 2 heterocycles. The topological polar surface area (TPSA) is 9.86 Å². The molecule has 0 fully saturated rings. The van der Waals surface area contributed by atoms with Crippen LogP contribution in [0.15, 0.2) is 164 Å². The van der Waals surface area contributed by atoms with Gasteiger partial charge >= 0.3 is 0 Å². The molecule has 0 aliphatic heterocycles. The van der Waals surface area contributed by atoms with Crippen molar-refractivity contribution in [2.24, 2.45) is 0 Å². The van der Waals surface area contributed by atoms with E-state index >= 15 is 0 Å². The SMILES string of the molecule is Cc1ccccc1-c1ccccc1-c1ccc(-n2c3ccccc3c3c4c5c(n(-c6ccccc6)c4ccc32)CCc2ccccc2-5)cc1. The third kappa shape index (κ3) is 4.20. The van der Waals surface area contributed by atoms with Crippen LogP contribution in [0.1, 0.15) is 16.8 Å². The molecule has 49 heavy (non-hydrogen) atoms. The Morgan fingerprint density at radius 1 is 0.408 bits per heavy atom. The van der Waals surface area contributed by atoms with E-state index in [2.05, 4.69) is 180 Å². The minimum Gasteiger partial charge on any atom is -0.313 e. The van der Waals surface area contributed by atoms with Crippen LogP contribution in [0.5, 0.6) is 0 Å². The van der Waals surface area contributed by atoms with Crippen molar-refractivity contribution < 1.29 is 0 Å². The first kappa shape index (κ1) is 27.9. The molecule has 1 aliphatic carbocycles. The molecule has 0 saturated heterocycles. The lowest BCUT2D eigenvalue weighted by atomic mass is 9.87. The van der Waals surface area contributed by atoms with Crippen LogP contribution in [0.2, 0.25) is 0 Å². The Morgan fingerprint density at radius 3 is 1.82 bits per heavy atom. The Labute approximate surface area is 286 Å². The highest BCUT2D eigenvalue weighted by Crippen LogP contribution is 2.47. The molecule has 7 aromatic carbocycles. The Morgan fingerprint density at radius 2 is 1.02 bits per heavy atom. The summed E-state index contributed by atoms with van der Waals surface area (Å²) in [4.78, 5) is 0. The van der Waals surface area contributed by atoms with Gasteiger partial charge in [0.25, 0.3) is 0 Å². The summed E-state index contributed by atoms with van der Waals surface area (Å²) in [5.74, 6) is 0. The molecule has 0 saturated carbocycles. The average molecular weight is 627 g/mol. The van der Waals surface area contributed by atoms with Gasteiger partial charge in [-0.3, -0.25) is 0 Å². The highest BCUT2D eigenvalue weighted by Gasteiger charge is 2.28. The standard InChI is InChI=1S/C47H34N2/c1-31-13-5-7-17-36(31)39-20-10-9-18-37(39)33-23-26-35(27-24-33)48-41-22-12-11-21-40(41)46-43(48)29-30-44-47(46)45-38-19-8-6-14-32(38)25-28-42(45)49(44)34-15-3-2-4-16-34/h2-24,26-27,29-30H,25,28H2,1H3. The van der Waals surface area contributed by atoms with E-state index in [1.807, 2.05) is 0 Å². The molecule has 2 aromatic heterocycles. The van der Waals surface area contributed by atoms with Crippen molar-refractivity contribution in [2.75, 3.05) is 0 Å². The van der Waals surface area contributed by atoms with E-state index in [-0.39, 0.29) is 0 Å². The third-order valence-corrected chi connectivity index (χ3v) is 10.6. The summed E-state index contributed by atoms with van der Waals surface area (Å²) in [5.41, 5.74) is 18.0.